The number of aromatic nitrogens is 2. The van der Waals surface area contributed by atoms with E-state index in [1.807, 2.05) is 74.5 Å². The number of hydrogen-bond donors (Lipinski definition) is 0. The highest BCUT2D eigenvalue weighted by Gasteiger charge is 2.32. The standard InChI is InChI=1S/C21H22N2O3/c1-3-15(2)18(21(24)25)22-14-23(26)20(17-12-8-5-9-13-17)19(22)16-10-6-4-7-11-16/h4-15,18H,3H2,1-2H3,(H,24,25)/p-1/t15-,18-/m1/s1. The van der Waals surface area contributed by atoms with Gasteiger partial charge >= 0.3 is 0 Å². The zero-order valence-electron chi connectivity index (χ0n) is 14.8. The Morgan fingerprint density at radius 2 is 1.58 bits per heavy atom. The summed E-state index contributed by atoms with van der Waals surface area (Å²) in [5, 5.41) is 24.7. The van der Waals surface area contributed by atoms with Crippen molar-refractivity contribution in [1.82, 2.24) is 4.57 Å². The van der Waals surface area contributed by atoms with Crippen molar-refractivity contribution in [2.45, 2.75) is 26.3 Å². The summed E-state index contributed by atoms with van der Waals surface area (Å²) in [4.78, 5) is 11.9. The average Bonchev–Trinajstić information content (AvgIpc) is 2.99. The number of carboxylic acids is 1. The van der Waals surface area contributed by atoms with Crippen molar-refractivity contribution in [3.8, 4) is 22.5 Å². The summed E-state index contributed by atoms with van der Waals surface area (Å²) < 4.78 is 2.30. The first-order valence-corrected chi connectivity index (χ1v) is 8.70. The molecule has 0 saturated heterocycles. The number of carbonyl (C=O) groups is 1. The number of hydrogen-bond acceptors (Lipinski definition) is 3. The summed E-state index contributed by atoms with van der Waals surface area (Å²) in [6, 6.07) is 17.7. The number of carboxylic acid groups (broad SMARTS) is 1. The van der Waals surface area contributed by atoms with Gasteiger partial charge in [-0.05, 0) is 6.42 Å². The fraction of sp³-hybridized carbons (Fsp3) is 0.238. The fourth-order valence-corrected chi connectivity index (χ4v) is 3.25. The van der Waals surface area contributed by atoms with E-state index < -0.39 is 12.0 Å². The number of carbonyl (C=O) groups excluding carboxylic acids is 1. The van der Waals surface area contributed by atoms with Crippen molar-refractivity contribution in [2.24, 2.45) is 5.92 Å². The molecule has 0 aliphatic heterocycles. The normalized spacial score (nSPS) is 13.3. The molecule has 134 valence electrons. The monoisotopic (exact) mass is 349 g/mol. The van der Waals surface area contributed by atoms with Crippen LogP contribution in [-0.4, -0.2) is 10.5 Å². The third-order valence-electron chi connectivity index (χ3n) is 4.75. The lowest BCUT2D eigenvalue weighted by molar-refractivity contribution is -0.593. The van der Waals surface area contributed by atoms with Gasteiger partial charge in [-0.3, -0.25) is 0 Å². The van der Waals surface area contributed by atoms with Crippen LogP contribution in [0.2, 0.25) is 0 Å². The van der Waals surface area contributed by atoms with Gasteiger partial charge in [0.1, 0.15) is 6.04 Å². The predicted molar refractivity (Wildman–Crippen MR) is 97.8 cm³/mol. The number of aliphatic carboxylic acids is 1. The molecular formula is C21H21N2O3-. The maximum atomic E-state index is 12.8. The minimum absolute atomic E-state index is 0.182. The van der Waals surface area contributed by atoms with Crippen molar-refractivity contribution >= 4 is 5.97 Å². The molecule has 5 nitrogen and oxygen atoms in total. The molecule has 0 aliphatic carbocycles. The van der Waals surface area contributed by atoms with Crippen LogP contribution in [0.5, 0.6) is 0 Å². The maximum Gasteiger partial charge on any atom is 0.248 e. The highest BCUT2D eigenvalue weighted by molar-refractivity contribution is 5.79. The number of rotatable bonds is 6. The van der Waals surface area contributed by atoms with E-state index in [0.29, 0.717) is 17.8 Å². The van der Waals surface area contributed by atoms with E-state index in [2.05, 4.69) is 0 Å². The number of benzene rings is 2. The van der Waals surface area contributed by atoms with Gasteiger partial charge in [0, 0.05) is 17.0 Å². The smallest absolute Gasteiger partial charge is 0.248 e. The van der Waals surface area contributed by atoms with Crippen molar-refractivity contribution in [3.05, 3.63) is 72.2 Å². The van der Waals surface area contributed by atoms with Gasteiger partial charge in [0.2, 0.25) is 6.33 Å². The van der Waals surface area contributed by atoms with Crippen LogP contribution in [-0.2, 0) is 4.79 Å². The quantitative estimate of drug-likeness (QED) is 0.507. The van der Waals surface area contributed by atoms with Crippen LogP contribution in [0.4, 0.5) is 0 Å². The van der Waals surface area contributed by atoms with Crippen molar-refractivity contribution in [3.63, 3.8) is 0 Å². The lowest BCUT2D eigenvalue weighted by Gasteiger charge is -2.22. The van der Waals surface area contributed by atoms with Crippen LogP contribution in [0.25, 0.3) is 22.5 Å². The molecule has 26 heavy (non-hydrogen) atoms. The van der Waals surface area contributed by atoms with Crippen molar-refractivity contribution in [1.29, 1.82) is 0 Å². The van der Waals surface area contributed by atoms with Crippen LogP contribution in [0, 0.1) is 11.1 Å². The topological polar surface area (TPSA) is 72.0 Å². The molecule has 5 heteroatoms. The van der Waals surface area contributed by atoms with E-state index in [0.717, 1.165) is 15.9 Å². The first kappa shape index (κ1) is 17.7. The third kappa shape index (κ3) is 3.20. The van der Waals surface area contributed by atoms with E-state index in [4.69, 9.17) is 0 Å². The first-order chi connectivity index (χ1) is 12.5. The minimum Gasteiger partial charge on any atom is -0.710 e. The van der Waals surface area contributed by atoms with Crippen LogP contribution < -0.4 is 9.84 Å². The zero-order chi connectivity index (χ0) is 18.7. The summed E-state index contributed by atoms with van der Waals surface area (Å²) in [5.74, 6) is -1.37. The van der Waals surface area contributed by atoms with Gasteiger partial charge in [0.15, 0.2) is 11.4 Å². The summed E-state index contributed by atoms with van der Waals surface area (Å²) in [6.45, 7) is 3.78. The molecule has 0 unspecified atom stereocenters. The van der Waals surface area contributed by atoms with Crippen LogP contribution in [0.15, 0.2) is 67.0 Å². The van der Waals surface area contributed by atoms with Crippen molar-refractivity contribution in [2.75, 3.05) is 0 Å². The fourth-order valence-electron chi connectivity index (χ4n) is 3.25. The molecule has 3 rings (SSSR count). The maximum absolute atomic E-state index is 12.8. The van der Waals surface area contributed by atoms with E-state index >= 15 is 0 Å². The summed E-state index contributed by atoms with van der Waals surface area (Å²) in [5.41, 5.74) is 2.55. The predicted octanol–water partition coefficient (Wildman–Crippen LogP) is 2.79. The average molecular weight is 349 g/mol. The molecule has 3 aromatic rings. The Labute approximate surface area is 152 Å². The molecule has 2 atom stereocenters. The van der Waals surface area contributed by atoms with Gasteiger partial charge < -0.3 is 15.1 Å². The van der Waals surface area contributed by atoms with Gasteiger partial charge in [0.25, 0.3) is 0 Å². The Hall–Kier alpha value is -3.08. The second-order valence-electron chi connectivity index (χ2n) is 6.43. The highest BCUT2D eigenvalue weighted by Crippen LogP contribution is 2.34. The second-order valence-corrected chi connectivity index (χ2v) is 6.43. The Balaban J connectivity index is 2.31. The summed E-state index contributed by atoms with van der Waals surface area (Å²) in [7, 11) is 0. The molecule has 2 aromatic carbocycles. The molecule has 1 aromatic heterocycles. The minimum atomic E-state index is -1.19. The Morgan fingerprint density at radius 3 is 2.08 bits per heavy atom. The lowest BCUT2D eigenvalue weighted by Crippen LogP contribution is -2.37. The van der Waals surface area contributed by atoms with Gasteiger partial charge in [-0.1, -0.05) is 74.5 Å². The number of nitrogens with zero attached hydrogens (tertiary/aromatic N) is 2. The van der Waals surface area contributed by atoms with Crippen LogP contribution in [0.1, 0.15) is 26.3 Å². The van der Waals surface area contributed by atoms with Crippen LogP contribution in [0.3, 0.4) is 0 Å². The van der Waals surface area contributed by atoms with Gasteiger partial charge in [-0.25, -0.2) is 9.30 Å². The summed E-state index contributed by atoms with van der Waals surface area (Å²) >= 11 is 0. The van der Waals surface area contributed by atoms with Crippen LogP contribution >= 0.6 is 0 Å². The molecular weight excluding hydrogens is 328 g/mol. The Bertz CT molecular complexity index is 888. The van der Waals surface area contributed by atoms with E-state index in [1.165, 1.54) is 6.33 Å². The van der Waals surface area contributed by atoms with Gasteiger partial charge in [-0.15, -0.1) is 0 Å². The number of imidazole rings is 1. The molecule has 0 bridgehead atoms. The second kappa shape index (κ2) is 7.44. The molecule has 1 heterocycles. The third-order valence-corrected chi connectivity index (χ3v) is 4.75. The van der Waals surface area contributed by atoms with Crippen molar-refractivity contribution < 1.29 is 14.6 Å². The Kier molecular flexibility index (Phi) is 5.07. The highest BCUT2D eigenvalue weighted by atomic mass is 16.5. The van der Waals surface area contributed by atoms with Gasteiger partial charge in [-0.2, -0.15) is 0 Å². The largest absolute Gasteiger partial charge is 0.710 e. The van der Waals surface area contributed by atoms with E-state index in [-0.39, 0.29) is 5.92 Å². The molecule has 0 spiro atoms. The van der Waals surface area contributed by atoms with E-state index in [9.17, 15) is 15.1 Å². The van der Waals surface area contributed by atoms with E-state index in [1.54, 1.807) is 4.57 Å². The first-order valence-electron chi connectivity index (χ1n) is 8.70. The molecule has 0 amide bonds. The molecule has 0 radical (unpaired) electrons. The molecule has 0 fully saturated rings. The summed E-state index contributed by atoms with van der Waals surface area (Å²) in [6.07, 6.45) is 1.97. The molecule has 0 saturated carbocycles. The Morgan fingerprint density at radius 1 is 1.04 bits per heavy atom. The molecule has 0 N–H and O–H groups in total. The van der Waals surface area contributed by atoms with Gasteiger partial charge in [0.05, 0.1) is 5.97 Å². The molecule has 0 aliphatic rings. The lowest BCUT2D eigenvalue weighted by atomic mass is 9.97. The zero-order valence-corrected chi connectivity index (χ0v) is 14.8. The SMILES string of the molecule is CC[C@@H](C)[C@H](C(=O)[O-])n1c[n+]([O-])c(-c2ccccc2)c1-c1ccccc1.